The molecule has 27 heavy (non-hydrogen) atoms. The van der Waals surface area contributed by atoms with E-state index in [2.05, 4.69) is 0 Å². The molecule has 0 unspecified atom stereocenters. The Kier molecular flexibility index (Phi) is 5.27. The first-order chi connectivity index (χ1) is 12.8. The van der Waals surface area contributed by atoms with Gasteiger partial charge >= 0.3 is 17.8 Å². The third-order valence-electron chi connectivity index (χ3n) is 4.58. The van der Waals surface area contributed by atoms with Gasteiger partial charge in [-0.3, -0.25) is 19.4 Å². The Labute approximate surface area is 156 Å². The third-order valence-corrected chi connectivity index (χ3v) is 6.49. The van der Waals surface area contributed by atoms with E-state index in [1.165, 1.54) is 16.4 Å². The summed E-state index contributed by atoms with van der Waals surface area (Å²) in [6, 6.07) is 3.94. The van der Waals surface area contributed by atoms with Crippen LogP contribution in [-0.2, 0) is 19.6 Å². The predicted octanol–water partition coefficient (Wildman–Crippen LogP) is -0.0998. The third kappa shape index (κ3) is 3.57. The minimum Gasteiger partial charge on any atom is -0.283 e. The minimum absolute atomic E-state index is 0.00596. The van der Waals surface area contributed by atoms with Crippen LogP contribution in [0.25, 0.3) is 0 Å². The van der Waals surface area contributed by atoms with Gasteiger partial charge in [-0.25, -0.2) is 22.5 Å². The summed E-state index contributed by atoms with van der Waals surface area (Å²) in [5.74, 6) is -2.24. The molecule has 0 aromatic heterocycles. The molecule has 2 heterocycles. The summed E-state index contributed by atoms with van der Waals surface area (Å²) >= 11 is 0. The van der Waals surface area contributed by atoms with E-state index in [-0.39, 0.29) is 44.3 Å². The first-order valence-corrected chi connectivity index (χ1v) is 9.85. The number of carbonyl (C=O) groups is 3. The molecule has 146 valence electrons. The van der Waals surface area contributed by atoms with Crippen molar-refractivity contribution < 1.29 is 27.2 Å². The fraction of sp³-hybridized carbons (Fsp3) is 0.438. The summed E-state index contributed by atoms with van der Waals surface area (Å²) in [6.07, 6.45) is 0. The molecule has 0 radical (unpaired) electrons. The summed E-state index contributed by atoms with van der Waals surface area (Å²) in [5, 5.41) is 0. The fourth-order valence-corrected chi connectivity index (χ4v) is 4.44. The van der Waals surface area contributed by atoms with Crippen molar-refractivity contribution >= 4 is 27.9 Å². The second-order valence-corrected chi connectivity index (χ2v) is 8.12. The summed E-state index contributed by atoms with van der Waals surface area (Å²) in [4.78, 5) is 39.3. The number of sulfonamides is 1. The lowest BCUT2D eigenvalue weighted by Gasteiger charge is -2.35. The molecule has 2 aliphatic heterocycles. The Morgan fingerprint density at radius 1 is 0.926 bits per heavy atom. The average molecular weight is 398 g/mol. The van der Waals surface area contributed by atoms with Gasteiger partial charge in [-0.05, 0) is 31.2 Å². The van der Waals surface area contributed by atoms with Crippen molar-refractivity contribution in [1.29, 1.82) is 0 Å². The number of hydrogen-bond donors (Lipinski definition) is 0. The van der Waals surface area contributed by atoms with Crippen LogP contribution in [-0.4, -0.2) is 84.7 Å². The van der Waals surface area contributed by atoms with Crippen molar-refractivity contribution in [3.05, 3.63) is 30.1 Å². The molecule has 2 saturated heterocycles. The number of halogens is 1. The average Bonchev–Trinajstić information content (AvgIpc) is 2.85. The van der Waals surface area contributed by atoms with Gasteiger partial charge in [0.15, 0.2) is 0 Å². The Hall–Kier alpha value is -2.37. The molecule has 0 spiro atoms. The number of hydrogen-bond acceptors (Lipinski definition) is 6. The molecule has 1 aromatic rings. The molecular weight excluding hydrogens is 379 g/mol. The summed E-state index contributed by atoms with van der Waals surface area (Å²) in [7, 11) is -3.74. The van der Waals surface area contributed by atoms with Crippen LogP contribution in [0.4, 0.5) is 9.18 Å². The Bertz CT molecular complexity index is 865. The van der Waals surface area contributed by atoms with Crippen molar-refractivity contribution in [1.82, 2.24) is 19.0 Å². The van der Waals surface area contributed by atoms with E-state index < -0.39 is 33.7 Å². The quantitative estimate of drug-likeness (QED) is 0.508. The molecule has 9 nitrogen and oxygen atoms in total. The lowest BCUT2D eigenvalue weighted by Crippen LogP contribution is -2.52. The van der Waals surface area contributed by atoms with E-state index in [1.54, 1.807) is 11.8 Å². The fourth-order valence-electron chi connectivity index (χ4n) is 3.02. The highest BCUT2D eigenvalue weighted by atomic mass is 32.2. The molecule has 2 fully saturated rings. The zero-order chi connectivity index (χ0) is 19.8. The minimum atomic E-state index is -3.74. The molecule has 4 amide bonds. The van der Waals surface area contributed by atoms with Gasteiger partial charge in [0.1, 0.15) is 5.82 Å². The van der Waals surface area contributed by atoms with Crippen LogP contribution in [0.15, 0.2) is 29.2 Å². The number of piperazine rings is 1. The maximum Gasteiger partial charge on any atom is 0.335 e. The van der Waals surface area contributed by atoms with Crippen LogP contribution in [0.5, 0.6) is 0 Å². The Morgan fingerprint density at radius 2 is 1.48 bits per heavy atom. The topological polar surface area (TPSA) is 98.3 Å². The van der Waals surface area contributed by atoms with Gasteiger partial charge in [0, 0.05) is 32.7 Å². The normalized spacial score (nSPS) is 20.0. The monoisotopic (exact) mass is 398 g/mol. The summed E-state index contributed by atoms with van der Waals surface area (Å²) < 4.78 is 39.5. The SMILES string of the molecule is CCN1C(=O)C(=O)N(CN2CCN(S(=O)(=O)c3ccc(F)cc3)CC2)C1=O. The number of nitrogens with zero attached hydrogens (tertiary/aromatic N) is 4. The summed E-state index contributed by atoms with van der Waals surface area (Å²) in [6.45, 7) is 2.54. The molecule has 2 aliphatic rings. The van der Waals surface area contributed by atoms with E-state index in [1.807, 2.05) is 0 Å². The first-order valence-electron chi connectivity index (χ1n) is 8.41. The zero-order valence-corrected chi connectivity index (χ0v) is 15.5. The predicted molar refractivity (Wildman–Crippen MR) is 91.2 cm³/mol. The molecule has 0 N–H and O–H groups in total. The Morgan fingerprint density at radius 3 is 2.00 bits per heavy atom. The molecule has 0 aliphatic carbocycles. The van der Waals surface area contributed by atoms with Gasteiger partial charge in [0.25, 0.3) is 0 Å². The molecular formula is C16H19FN4O5S. The lowest BCUT2D eigenvalue weighted by atomic mass is 10.3. The van der Waals surface area contributed by atoms with Gasteiger partial charge in [0.2, 0.25) is 10.0 Å². The molecule has 0 saturated carbocycles. The number of benzene rings is 1. The van der Waals surface area contributed by atoms with Crippen LogP contribution in [0.3, 0.4) is 0 Å². The maximum absolute atomic E-state index is 13.0. The van der Waals surface area contributed by atoms with Crippen molar-refractivity contribution in [3.8, 4) is 0 Å². The maximum atomic E-state index is 13.0. The van der Waals surface area contributed by atoms with E-state index >= 15 is 0 Å². The van der Waals surface area contributed by atoms with Gasteiger partial charge < -0.3 is 0 Å². The van der Waals surface area contributed by atoms with Crippen LogP contribution >= 0.6 is 0 Å². The van der Waals surface area contributed by atoms with Crippen molar-refractivity contribution in [3.63, 3.8) is 0 Å². The molecule has 0 atom stereocenters. The highest BCUT2D eigenvalue weighted by Gasteiger charge is 2.44. The Balaban J connectivity index is 1.62. The van der Waals surface area contributed by atoms with E-state index in [9.17, 15) is 27.2 Å². The van der Waals surface area contributed by atoms with Crippen LogP contribution in [0.1, 0.15) is 6.92 Å². The van der Waals surface area contributed by atoms with Crippen molar-refractivity contribution in [2.24, 2.45) is 0 Å². The largest absolute Gasteiger partial charge is 0.335 e. The molecule has 1 aromatic carbocycles. The van der Waals surface area contributed by atoms with Crippen LogP contribution in [0, 0.1) is 5.82 Å². The van der Waals surface area contributed by atoms with Crippen molar-refractivity contribution in [2.45, 2.75) is 11.8 Å². The lowest BCUT2D eigenvalue weighted by molar-refractivity contribution is -0.143. The number of imide groups is 2. The van der Waals surface area contributed by atoms with Gasteiger partial charge in [-0.1, -0.05) is 0 Å². The van der Waals surface area contributed by atoms with Crippen LogP contribution in [0.2, 0.25) is 0 Å². The van der Waals surface area contributed by atoms with Gasteiger partial charge in [-0.15, -0.1) is 0 Å². The second kappa shape index (κ2) is 7.33. The smallest absolute Gasteiger partial charge is 0.283 e. The number of carbonyl (C=O) groups excluding carboxylic acids is 3. The standard InChI is InChI=1S/C16H19FN4O5S/c1-2-20-14(22)15(23)21(16(20)24)11-18-7-9-19(10-8-18)27(25,26)13-5-3-12(17)4-6-13/h3-6H,2,7-11H2,1H3. The number of amides is 4. The number of urea groups is 1. The molecule has 0 bridgehead atoms. The highest BCUT2D eigenvalue weighted by molar-refractivity contribution is 7.89. The second-order valence-electron chi connectivity index (χ2n) is 6.18. The summed E-state index contributed by atoms with van der Waals surface area (Å²) in [5.41, 5.74) is 0. The van der Waals surface area contributed by atoms with Crippen LogP contribution < -0.4 is 0 Å². The number of likely N-dealkylation sites (N-methyl/N-ethyl adjacent to an activating group) is 1. The van der Waals surface area contributed by atoms with E-state index in [4.69, 9.17) is 0 Å². The van der Waals surface area contributed by atoms with Gasteiger partial charge in [-0.2, -0.15) is 4.31 Å². The highest BCUT2D eigenvalue weighted by Crippen LogP contribution is 2.19. The first kappa shape index (κ1) is 19.4. The molecule has 11 heteroatoms. The van der Waals surface area contributed by atoms with E-state index in [0.29, 0.717) is 0 Å². The van der Waals surface area contributed by atoms with E-state index in [0.717, 1.165) is 21.9 Å². The zero-order valence-electron chi connectivity index (χ0n) is 14.7. The number of rotatable bonds is 5. The van der Waals surface area contributed by atoms with Crippen molar-refractivity contribution in [2.75, 3.05) is 39.4 Å². The van der Waals surface area contributed by atoms with Gasteiger partial charge in [0.05, 0.1) is 11.6 Å². The molecule has 3 rings (SSSR count).